The molecule has 4 nitrogen and oxygen atoms in total. The molecule has 3 N–H and O–H groups in total. The number of hydrogen-bond acceptors (Lipinski definition) is 2. The van der Waals surface area contributed by atoms with E-state index < -0.39 is 0 Å². The number of hydrogen-bond donors (Lipinski definition) is 3. The predicted octanol–water partition coefficient (Wildman–Crippen LogP) is 2.40. The third kappa shape index (κ3) is 2.63. The summed E-state index contributed by atoms with van der Waals surface area (Å²) < 4.78 is 0. The summed E-state index contributed by atoms with van der Waals surface area (Å²) in [6.45, 7) is 0.694. The summed E-state index contributed by atoms with van der Waals surface area (Å²) in [6, 6.07) is 5.70. The van der Waals surface area contributed by atoms with Crippen molar-refractivity contribution < 1.29 is 9.90 Å². The van der Waals surface area contributed by atoms with Crippen molar-refractivity contribution in [1.29, 1.82) is 0 Å². The maximum atomic E-state index is 11.9. The average Bonchev–Trinajstić information content (AvgIpc) is 3.13. The Kier molecular flexibility index (Phi) is 3.61. The van der Waals surface area contributed by atoms with Gasteiger partial charge in [0.2, 0.25) is 0 Å². The Morgan fingerprint density at radius 3 is 2.95 bits per heavy atom. The van der Waals surface area contributed by atoms with Crippen molar-refractivity contribution in [3.05, 3.63) is 34.3 Å². The van der Waals surface area contributed by atoms with Crippen molar-refractivity contribution >= 4 is 17.6 Å². The lowest BCUT2D eigenvalue weighted by Gasteiger charge is -2.17. The average molecular weight is 295 g/mol. The summed E-state index contributed by atoms with van der Waals surface area (Å²) in [5, 5.41) is 15.9. The normalized spacial score (nSPS) is 22.2. The van der Waals surface area contributed by atoms with Crippen LogP contribution in [0.5, 0.6) is 0 Å². The predicted molar refractivity (Wildman–Crippen MR) is 77.8 cm³/mol. The van der Waals surface area contributed by atoms with Crippen LogP contribution in [0.2, 0.25) is 5.02 Å². The van der Waals surface area contributed by atoms with E-state index in [1.54, 1.807) is 0 Å². The van der Waals surface area contributed by atoms with Crippen LogP contribution in [0, 0.1) is 5.41 Å². The molecule has 0 aromatic heterocycles. The Bertz CT molecular complexity index is 529. The molecule has 1 unspecified atom stereocenters. The molecule has 2 aliphatic rings. The Labute approximate surface area is 123 Å². The fourth-order valence-electron chi connectivity index (χ4n) is 2.80. The SMILES string of the molecule is O=C(NCC1(CO)CC1)NC1CCc2c(Cl)cccc21. The summed E-state index contributed by atoms with van der Waals surface area (Å²) >= 11 is 6.16. The topological polar surface area (TPSA) is 61.4 Å². The molecular formula is C15H19ClN2O2. The number of fused-ring (bicyclic) bond motifs is 1. The number of rotatable bonds is 4. The van der Waals surface area contributed by atoms with Crippen molar-refractivity contribution in [2.24, 2.45) is 5.41 Å². The van der Waals surface area contributed by atoms with Crippen LogP contribution in [0.4, 0.5) is 4.79 Å². The van der Waals surface area contributed by atoms with Crippen molar-refractivity contribution in [3.63, 3.8) is 0 Å². The first-order valence-electron chi connectivity index (χ1n) is 7.06. The number of urea groups is 1. The largest absolute Gasteiger partial charge is 0.396 e. The number of amides is 2. The maximum Gasteiger partial charge on any atom is 0.315 e. The lowest BCUT2D eigenvalue weighted by atomic mass is 10.1. The molecular weight excluding hydrogens is 276 g/mol. The van der Waals surface area contributed by atoms with E-state index in [9.17, 15) is 9.90 Å². The first-order valence-corrected chi connectivity index (χ1v) is 7.44. The summed E-state index contributed by atoms with van der Waals surface area (Å²) in [6.07, 6.45) is 3.77. The molecule has 20 heavy (non-hydrogen) atoms. The molecule has 1 atom stereocenters. The van der Waals surface area contributed by atoms with Gasteiger partial charge in [0, 0.05) is 17.0 Å². The number of nitrogens with one attached hydrogen (secondary N) is 2. The minimum Gasteiger partial charge on any atom is -0.396 e. The monoisotopic (exact) mass is 294 g/mol. The Morgan fingerprint density at radius 1 is 1.45 bits per heavy atom. The van der Waals surface area contributed by atoms with E-state index in [1.807, 2.05) is 18.2 Å². The van der Waals surface area contributed by atoms with E-state index in [4.69, 9.17) is 11.6 Å². The van der Waals surface area contributed by atoms with Crippen LogP contribution < -0.4 is 10.6 Å². The molecule has 5 heteroatoms. The van der Waals surface area contributed by atoms with E-state index >= 15 is 0 Å². The Hall–Kier alpha value is -1.26. The number of carbonyl (C=O) groups excluding carboxylic acids is 1. The standard InChI is InChI=1S/C15H19ClN2O2/c16-12-3-1-2-11-10(12)4-5-13(11)18-14(20)17-8-15(9-19)6-7-15/h1-3,13,19H,4-9H2,(H2,17,18,20). The van der Waals surface area contributed by atoms with Crippen molar-refractivity contribution in [2.45, 2.75) is 31.7 Å². The molecule has 0 saturated heterocycles. The summed E-state index contributed by atoms with van der Waals surface area (Å²) in [5.41, 5.74) is 2.21. The zero-order valence-corrected chi connectivity index (χ0v) is 12.0. The third-order valence-electron chi connectivity index (χ3n) is 4.44. The fourth-order valence-corrected chi connectivity index (χ4v) is 3.08. The molecule has 0 radical (unpaired) electrons. The minimum atomic E-state index is -0.164. The zero-order chi connectivity index (χ0) is 14.2. The highest BCUT2D eigenvalue weighted by atomic mass is 35.5. The van der Waals surface area contributed by atoms with Gasteiger partial charge in [0.05, 0.1) is 12.6 Å². The van der Waals surface area contributed by atoms with Crippen molar-refractivity contribution in [2.75, 3.05) is 13.2 Å². The number of carbonyl (C=O) groups is 1. The molecule has 1 fully saturated rings. The number of halogens is 1. The molecule has 1 aromatic rings. The minimum absolute atomic E-state index is 0.0352. The first-order chi connectivity index (χ1) is 9.63. The smallest absolute Gasteiger partial charge is 0.315 e. The highest BCUT2D eigenvalue weighted by molar-refractivity contribution is 6.31. The van der Waals surface area contributed by atoms with Gasteiger partial charge < -0.3 is 15.7 Å². The summed E-state index contributed by atoms with van der Waals surface area (Å²) in [7, 11) is 0. The van der Waals surface area contributed by atoms with Crippen LogP contribution in [0.25, 0.3) is 0 Å². The van der Waals surface area contributed by atoms with E-state index in [-0.39, 0.29) is 24.1 Å². The fraction of sp³-hybridized carbons (Fsp3) is 0.533. The lowest BCUT2D eigenvalue weighted by molar-refractivity contribution is 0.202. The van der Waals surface area contributed by atoms with Crippen LogP contribution in [-0.4, -0.2) is 24.3 Å². The van der Waals surface area contributed by atoms with Gasteiger partial charge in [-0.1, -0.05) is 23.7 Å². The maximum absolute atomic E-state index is 11.9. The van der Waals surface area contributed by atoms with E-state index in [2.05, 4.69) is 10.6 Å². The number of benzene rings is 1. The molecule has 1 aromatic carbocycles. The van der Waals surface area contributed by atoms with Gasteiger partial charge in [0.1, 0.15) is 0 Å². The molecule has 0 spiro atoms. The lowest BCUT2D eigenvalue weighted by Crippen LogP contribution is -2.40. The first kappa shape index (κ1) is 13.7. The molecule has 2 aliphatic carbocycles. The Morgan fingerprint density at radius 2 is 2.25 bits per heavy atom. The van der Waals surface area contributed by atoms with Crippen molar-refractivity contribution in [3.8, 4) is 0 Å². The second-order valence-electron chi connectivity index (χ2n) is 5.88. The van der Waals surface area contributed by atoms with Crippen LogP contribution in [0.1, 0.15) is 36.4 Å². The summed E-state index contributed by atoms with van der Waals surface area (Å²) in [5.74, 6) is 0. The molecule has 2 amide bonds. The van der Waals surface area contributed by atoms with Gasteiger partial charge in [-0.3, -0.25) is 0 Å². The Balaban J connectivity index is 1.57. The van der Waals surface area contributed by atoms with Crippen LogP contribution in [0.15, 0.2) is 18.2 Å². The summed E-state index contributed by atoms with van der Waals surface area (Å²) in [4.78, 5) is 11.9. The highest BCUT2D eigenvalue weighted by Gasteiger charge is 2.42. The third-order valence-corrected chi connectivity index (χ3v) is 4.79. The van der Waals surface area contributed by atoms with Gasteiger partial charge in [0.25, 0.3) is 0 Å². The second kappa shape index (κ2) is 5.26. The van der Waals surface area contributed by atoms with Crippen molar-refractivity contribution in [1.82, 2.24) is 10.6 Å². The number of aliphatic hydroxyl groups excluding tert-OH is 1. The van der Waals surface area contributed by atoms with Gasteiger partial charge in [-0.05, 0) is 42.9 Å². The van der Waals surface area contributed by atoms with Crippen LogP contribution in [-0.2, 0) is 6.42 Å². The quantitative estimate of drug-likeness (QED) is 0.798. The van der Waals surface area contributed by atoms with E-state index in [0.29, 0.717) is 6.54 Å². The van der Waals surface area contributed by atoms with Crippen LogP contribution in [0.3, 0.4) is 0 Å². The van der Waals surface area contributed by atoms with Gasteiger partial charge in [-0.2, -0.15) is 0 Å². The van der Waals surface area contributed by atoms with E-state index in [0.717, 1.165) is 41.8 Å². The molecule has 3 rings (SSSR count). The molecule has 0 heterocycles. The highest BCUT2D eigenvalue weighted by Crippen LogP contribution is 2.44. The molecule has 0 bridgehead atoms. The zero-order valence-electron chi connectivity index (χ0n) is 11.3. The molecule has 0 aliphatic heterocycles. The van der Waals surface area contributed by atoms with Gasteiger partial charge in [-0.15, -0.1) is 0 Å². The second-order valence-corrected chi connectivity index (χ2v) is 6.29. The van der Waals surface area contributed by atoms with E-state index in [1.165, 1.54) is 0 Å². The number of aliphatic hydroxyl groups is 1. The van der Waals surface area contributed by atoms with Gasteiger partial charge in [0.15, 0.2) is 0 Å². The van der Waals surface area contributed by atoms with Gasteiger partial charge >= 0.3 is 6.03 Å². The molecule has 108 valence electrons. The van der Waals surface area contributed by atoms with Gasteiger partial charge in [-0.25, -0.2) is 4.79 Å². The molecule has 1 saturated carbocycles. The van der Waals surface area contributed by atoms with Crippen LogP contribution >= 0.6 is 11.6 Å².